The standard InChI is InChI=1S/C18H29N3O3/c1-4-11-21(12-5-2)17(22)14-20-16-8-6-15(7-9-16)18(23)19-10-13-24-3/h6-9,20H,4-5,10-14H2,1-3H3,(H,19,23). The van der Waals surface area contributed by atoms with E-state index < -0.39 is 0 Å². The molecule has 0 saturated heterocycles. The summed E-state index contributed by atoms with van der Waals surface area (Å²) in [7, 11) is 1.59. The fourth-order valence-electron chi connectivity index (χ4n) is 2.30. The van der Waals surface area contributed by atoms with Crippen molar-refractivity contribution >= 4 is 17.5 Å². The van der Waals surface area contributed by atoms with E-state index in [0.717, 1.165) is 31.6 Å². The van der Waals surface area contributed by atoms with Gasteiger partial charge in [-0.2, -0.15) is 0 Å². The van der Waals surface area contributed by atoms with Gasteiger partial charge < -0.3 is 20.3 Å². The largest absolute Gasteiger partial charge is 0.383 e. The van der Waals surface area contributed by atoms with Gasteiger partial charge in [0, 0.05) is 38.0 Å². The second-order valence-corrected chi connectivity index (χ2v) is 5.56. The zero-order chi connectivity index (χ0) is 17.8. The first-order valence-electron chi connectivity index (χ1n) is 8.51. The van der Waals surface area contributed by atoms with Crippen LogP contribution in [0, 0.1) is 0 Å². The molecule has 0 aromatic heterocycles. The summed E-state index contributed by atoms with van der Waals surface area (Å²) in [5.74, 6) is -0.0353. The molecular formula is C18H29N3O3. The molecule has 0 heterocycles. The van der Waals surface area contributed by atoms with Crippen LogP contribution in [-0.2, 0) is 9.53 Å². The normalized spacial score (nSPS) is 10.3. The van der Waals surface area contributed by atoms with Crippen molar-refractivity contribution in [3.05, 3.63) is 29.8 Å². The van der Waals surface area contributed by atoms with Crippen molar-refractivity contribution in [2.45, 2.75) is 26.7 Å². The Morgan fingerprint density at radius 3 is 2.25 bits per heavy atom. The number of nitrogens with one attached hydrogen (secondary N) is 2. The van der Waals surface area contributed by atoms with Gasteiger partial charge in [-0.25, -0.2) is 0 Å². The van der Waals surface area contributed by atoms with E-state index in [4.69, 9.17) is 4.74 Å². The van der Waals surface area contributed by atoms with Crippen LogP contribution in [0.5, 0.6) is 0 Å². The van der Waals surface area contributed by atoms with E-state index >= 15 is 0 Å². The van der Waals surface area contributed by atoms with Crippen LogP contribution in [0.4, 0.5) is 5.69 Å². The molecule has 0 fully saturated rings. The van der Waals surface area contributed by atoms with Crippen LogP contribution in [-0.4, -0.2) is 56.6 Å². The van der Waals surface area contributed by atoms with Crippen molar-refractivity contribution < 1.29 is 14.3 Å². The summed E-state index contributed by atoms with van der Waals surface area (Å²) in [5, 5.41) is 5.88. The molecule has 134 valence electrons. The predicted octanol–water partition coefficient (Wildman–Crippen LogP) is 2.12. The monoisotopic (exact) mass is 335 g/mol. The number of hydrogen-bond acceptors (Lipinski definition) is 4. The Morgan fingerprint density at radius 2 is 1.71 bits per heavy atom. The van der Waals surface area contributed by atoms with Crippen molar-refractivity contribution in [2.75, 3.05) is 45.2 Å². The Hall–Kier alpha value is -2.08. The molecule has 0 unspecified atom stereocenters. The third kappa shape index (κ3) is 7.00. The van der Waals surface area contributed by atoms with E-state index in [1.54, 1.807) is 19.2 Å². The molecule has 0 atom stereocenters. The van der Waals surface area contributed by atoms with Gasteiger partial charge in [-0.1, -0.05) is 13.8 Å². The molecule has 1 aromatic carbocycles. The number of amides is 2. The van der Waals surface area contributed by atoms with Crippen molar-refractivity contribution in [1.82, 2.24) is 10.2 Å². The van der Waals surface area contributed by atoms with Crippen molar-refractivity contribution in [1.29, 1.82) is 0 Å². The highest BCUT2D eigenvalue weighted by atomic mass is 16.5. The van der Waals surface area contributed by atoms with Crippen LogP contribution in [0.15, 0.2) is 24.3 Å². The highest BCUT2D eigenvalue weighted by Gasteiger charge is 2.11. The van der Waals surface area contributed by atoms with Gasteiger partial charge >= 0.3 is 0 Å². The van der Waals surface area contributed by atoms with E-state index in [1.165, 1.54) is 0 Å². The van der Waals surface area contributed by atoms with E-state index in [1.807, 2.05) is 17.0 Å². The molecule has 1 aromatic rings. The van der Waals surface area contributed by atoms with Crippen molar-refractivity contribution in [2.24, 2.45) is 0 Å². The zero-order valence-corrected chi connectivity index (χ0v) is 14.9. The average Bonchev–Trinajstić information content (AvgIpc) is 2.60. The smallest absolute Gasteiger partial charge is 0.251 e. The molecule has 0 spiro atoms. The highest BCUT2D eigenvalue weighted by molar-refractivity contribution is 5.94. The van der Waals surface area contributed by atoms with Gasteiger partial charge in [-0.05, 0) is 37.1 Å². The first-order valence-corrected chi connectivity index (χ1v) is 8.51. The Labute approximate surface area is 144 Å². The number of nitrogens with zero attached hydrogens (tertiary/aromatic N) is 1. The molecule has 6 nitrogen and oxygen atoms in total. The predicted molar refractivity (Wildman–Crippen MR) is 96.3 cm³/mol. The lowest BCUT2D eigenvalue weighted by Gasteiger charge is -2.21. The minimum Gasteiger partial charge on any atom is -0.383 e. The lowest BCUT2D eigenvalue weighted by atomic mass is 10.2. The highest BCUT2D eigenvalue weighted by Crippen LogP contribution is 2.09. The van der Waals surface area contributed by atoms with Crippen LogP contribution >= 0.6 is 0 Å². The molecule has 24 heavy (non-hydrogen) atoms. The van der Waals surface area contributed by atoms with E-state index in [-0.39, 0.29) is 18.4 Å². The number of anilines is 1. The van der Waals surface area contributed by atoms with E-state index in [2.05, 4.69) is 24.5 Å². The summed E-state index contributed by atoms with van der Waals surface area (Å²) in [4.78, 5) is 26.0. The SMILES string of the molecule is CCCN(CCC)C(=O)CNc1ccc(C(=O)NCCOC)cc1. The maximum absolute atomic E-state index is 12.2. The number of benzene rings is 1. The number of carbonyl (C=O) groups excluding carboxylic acids is 2. The molecule has 2 N–H and O–H groups in total. The number of methoxy groups -OCH3 is 1. The quantitative estimate of drug-likeness (QED) is 0.608. The average molecular weight is 335 g/mol. The summed E-state index contributed by atoms with van der Waals surface area (Å²) in [6.07, 6.45) is 1.91. The zero-order valence-electron chi connectivity index (χ0n) is 14.9. The first kappa shape index (κ1) is 20.0. The first-order chi connectivity index (χ1) is 11.6. The Balaban J connectivity index is 2.48. The van der Waals surface area contributed by atoms with Gasteiger partial charge in [0.25, 0.3) is 5.91 Å². The van der Waals surface area contributed by atoms with Crippen molar-refractivity contribution in [3.8, 4) is 0 Å². The Morgan fingerprint density at radius 1 is 1.08 bits per heavy atom. The maximum Gasteiger partial charge on any atom is 0.251 e. The van der Waals surface area contributed by atoms with Gasteiger partial charge in [0.15, 0.2) is 0 Å². The number of hydrogen-bond donors (Lipinski definition) is 2. The Kier molecular flexibility index (Phi) is 9.53. The van der Waals surface area contributed by atoms with E-state index in [9.17, 15) is 9.59 Å². The number of rotatable bonds is 11. The van der Waals surface area contributed by atoms with Crippen molar-refractivity contribution in [3.63, 3.8) is 0 Å². The molecular weight excluding hydrogens is 306 g/mol. The van der Waals surface area contributed by atoms with Gasteiger partial charge in [-0.3, -0.25) is 9.59 Å². The van der Waals surface area contributed by atoms with Crippen LogP contribution < -0.4 is 10.6 Å². The summed E-state index contributed by atoms with van der Waals surface area (Å²) in [6, 6.07) is 7.10. The summed E-state index contributed by atoms with van der Waals surface area (Å²) in [5.41, 5.74) is 1.41. The van der Waals surface area contributed by atoms with Crippen LogP contribution in [0.25, 0.3) is 0 Å². The molecule has 0 bridgehead atoms. The summed E-state index contributed by atoms with van der Waals surface area (Å²) < 4.78 is 4.89. The summed E-state index contributed by atoms with van der Waals surface area (Å²) in [6.45, 7) is 6.94. The third-order valence-corrected chi connectivity index (χ3v) is 3.52. The third-order valence-electron chi connectivity index (χ3n) is 3.52. The second-order valence-electron chi connectivity index (χ2n) is 5.56. The van der Waals surface area contributed by atoms with Gasteiger partial charge in [0.2, 0.25) is 5.91 Å². The topological polar surface area (TPSA) is 70.7 Å². The molecule has 0 aliphatic rings. The maximum atomic E-state index is 12.2. The van der Waals surface area contributed by atoms with E-state index in [0.29, 0.717) is 18.7 Å². The molecule has 2 amide bonds. The summed E-state index contributed by atoms with van der Waals surface area (Å²) >= 11 is 0. The molecule has 0 radical (unpaired) electrons. The molecule has 1 rings (SSSR count). The fourth-order valence-corrected chi connectivity index (χ4v) is 2.30. The van der Waals surface area contributed by atoms with Gasteiger partial charge in [-0.15, -0.1) is 0 Å². The molecule has 0 saturated carbocycles. The van der Waals surface area contributed by atoms with Crippen LogP contribution in [0.1, 0.15) is 37.0 Å². The Bertz CT molecular complexity index is 497. The lowest BCUT2D eigenvalue weighted by Crippen LogP contribution is -2.36. The minimum absolute atomic E-state index is 0.0973. The second kappa shape index (κ2) is 11.5. The van der Waals surface area contributed by atoms with Gasteiger partial charge in [0.1, 0.15) is 0 Å². The number of carbonyl (C=O) groups is 2. The lowest BCUT2D eigenvalue weighted by molar-refractivity contribution is -0.129. The van der Waals surface area contributed by atoms with Crippen LogP contribution in [0.3, 0.4) is 0 Å². The number of ether oxygens (including phenoxy) is 1. The van der Waals surface area contributed by atoms with Crippen LogP contribution in [0.2, 0.25) is 0 Å². The van der Waals surface area contributed by atoms with Gasteiger partial charge in [0.05, 0.1) is 13.2 Å². The minimum atomic E-state index is -0.133. The molecule has 6 heteroatoms. The molecule has 0 aliphatic heterocycles. The fraction of sp³-hybridized carbons (Fsp3) is 0.556. The molecule has 0 aliphatic carbocycles.